The minimum absolute atomic E-state index is 0.374. The minimum Gasteiger partial charge on any atom is -0.505 e. The van der Waals surface area contributed by atoms with Crippen LogP contribution in [-0.2, 0) is 0 Å². The Hall–Kier alpha value is -2.23. The van der Waals surface area contributed by atoms with Gasteiger partial charge in [-0.1, -0.05) is 18.2 Å². The Labute approximate surface area is 104 Å². The van der Waals surface area contributed by atoms with Crippen LogP contribution in [0.4, 0.5) is 4.39 Å². The van der Waals surface area contributed by atoms with Crippen molar-refractivity contribution in [2.75, 3.05) is 14.2 Å². The average molecular weight is 248 g/mol. The maximum Gasteiger partial charge on any atom is 0.168 e. The van der Waals surface area contributed by atoms with Crippen molar-refractivity contribution >= 4 is 0 Å². The van der Waals surface area contributed by atoms with Crippen LogP contribution in [0.3, 0.4) is 0 Å². The molecular weight excluding hydrogens is 235 g/mol. The molecule has 18 heavy (non-hydrogen) atoms. The van der Waals surface area contributed by atoms with Gasteiger partial charge in [-0.25, -0.2) is 4.39 Å². The van der Waals surface area contributed by atoms with Crippen LogP contribution >= 0.6 is 0 Å². The minimum atomic E-state index is -0.669. The number of ether oxygens (including phenoxy) is 2. The lowest BCUT2D eigenvalue weighted by molar-refractivity contribution is 0.356. The predicted octanol–water partition coefficient (Wildman–Crippen LogP) is 3.22. The van der Waals surface area contributed by atoms with Gasteiger partial charge in [0, 0.05) is 5.56 Å². The van der Waals surface area contributed by atoms with Crippen LogP contribution in [0.2, 0.25) is 0 Å². The van der Waals surface area contributed by atoms with Crippen molar-refractivity contribution in [2.24, 2.45) is 0 Å². The van der Waals surface area contributed by atoms with Gasteiger partial charge in [-0.3, -0.25) is 0 Å². The number of rotatable bonds is 3. The highest BCUT2D eigenvalue weighted by Crippen LogP contribution is 2.38. The molecule has 2 aromatic carbocycles. The van der Waals surface area contributed by atoms with Crippen molar-refractivity contribution in [2.45, 2.75) is 0 Å². The van der Waals surface area contributed by atoms with Crippen molar-refractivity contribution in [3.8, 4) is 28.4 Å². The fourth-order valence-corrected chi connectivity index (χ4v) is 1.79. The van der Waals surface area contributed by atoms with Crippen LogP contribution in [0.5, 0.6) is 17.2 Å². The van der Waals surface area contributed by atoms with Gasteiger partial charge in [0.25, 0.3) is 0 Å². The Bertz CT molecular complexity index is 567. The number of phenols is 1. The quantitative estimate of drug-likeness (QED) is 0.906. The van der Waals surface area contributed by atoms with Crippen LogP contribution in [0, 0.1) is 5.82 Å². The van der Waals surface area contributed by atoms with E-state index in [4.69, 9.17) is 9.47 Å². The molecule has 2 rings (SSSR count). The molecule has 0 unspecified atom stereocenters. The normalized spacial score (nSPS) is 10.2. The van der Waals surface area contributed by atoms with Crippen LogP contribution in [-0.4, -0.2) is 19.3 Å². The van der Waals surface area contributed by atoms with E-state index in [0.717, 1.165) is 0 Å². The molecule has 0 fully saturated rings. The Morgan fingerprint density at radius 2 is 1.83 bits per heavy atom. The highest BCUT2D eigenvalue weighted by atomic mass is 19.1. The molecule has 0 radical (unpaired) electrons. The van der Waals surface area contributed by atoms with Gasteiger partial charge >= 0.3 is 0 Å². The first-order valence-corrected chi connectivity index (χ1v) is 5.37. The van der Waals surface area contributed by atoms with E-state index in [-0.39, 0.29) is 5.75 Å². The lowest BCUT2D eigenvalue weighted by Crippen LogP contribution is -1.93. The molecule has 0 saturated heterocycles. The van der Waals surface area contributed by atoms with Gasteiger partial charge in [0.1, 0.15) is 0 Å². The zero-order chi connectivity index (χ0) is 13.1. The number of benzene rings is 2. The fraction of sp³-hybridized carbons (Fsp3) is 0.143. The summed E-state index contributed by atoms with van der Waals surface area (Å²) in [4.78, 5) is 0. The molecule has 0 amide bonds. The molecule has 3 nitrogen and oxygen atoms in total. The number of phenolic OH excluding ortho intramolecular Hbond substituents is 1. The maximum atomic E-state index is 13.4. The van der Waals surface area contributed by atoms with Crippen molar-refractivity contribution < 1.29 is 19.0 Å². The third-order valence-corrected chi connectivity index (χ3v) is 2.66. The molecule has 0 atom stereocenters. The van der Waals surface area contributed by atoms with Crippen LogP contribution in [0.25, 0.3) is 11.1 Å². The molecule has 2 aromatic rings. The van der Waals surface area contributed by atoms with Gasteiger partial charge in [-0.05, 0) is 23.8 Å². The second kappa shape index (κ2) is 4.96. The topological polar surface area (TPSA) is 38.7 Å². The summed E-state index contributed by atoms with van der Waals surface area (Å²) >= 11 is 0. The van der Waals surface area contributed by atoms with Gasteiger partial charge in [-0.15, -0.1) is 0 Å². The summed E-state index contributed by atoms with van der Waals surface area (Å²) in [6, 6.07) is 9.54. The zero-order valence-electron chi connectivity index (χ0n) is 10.1. The lowest BCUT2D eigenvalue weighted by Gasteiger charge is -2.12. The lowest BCUT2D eigenvalue weighted by atomic mass is 10.0. The van der Waals surface area contributed by atoms with E-state index in [9.17, 15) is 9.50 Å². The molecule has 94 valence electrons. The fourth-order valence-electron chi connectivity index (χ4n) is 1.79. The first-order valence-electron chi connectivity index (χ1n) is 5.37. The van der Waals surface area contributed by atoms with Gasteiger partial charge in [0.05, 0.1) is 14.2 Å². The van der Waals surface area contributed by atoms with E-state index in [0.29, 0.717) is 22.6 Å². The first kappa shape index (κ1) is 12.2. The average Bonchev–Trinajstić information content (AvgIpc) is 2.40. The summed E-state index contributed by atoms with van der Waals surface area (Å²) in [5.41, 5.74) is 1.32. The van der Waals surface area contributed by atoms with E-state index < -0.39 is 5.82 Å². The van der Waals surface area contributed by atoms with Crippen LogP contribution in [0.15, 0.2) is 36.4 Å². The third-order valence-electron chi connectivity index (χ3n) is 2.66. The summed E-state index contributed by atoms with van der Waals surface area (Å²) in [5.74, 6) is 0.0616. The highest BCUT2D eigenvalue weighted by molar-refractivity contribution is 5.74. The zero-order valence-corrected chi connectivity index (χ0v) is 10.1. The molecule has 0 aliphatic rings. The molecule has 0 bridgehead atoms. The summed E-state index contributed by atoms with van der Waals surface area (Å²) in [7, 11) is 3.07. The summed E-state index contributed by atoms with van der Waals surface area (Å²) in [6.07, 6.45) is 0. The highest BCUT2D eigenvalue weighted by Gasteiger charge is 2.12. The first-order chi connectivity index (χ1) is 8.67. The van der Waals surface area contributed by atoms with E-state index >= 15 is 0 Å². The van der Waals surface area contributed by atoms with Gasteiger partial charge < -0.3 is 14.6 Å². The van der Waals surface area contributed by atoms with Gasteiger partial charge in [0.15, 0.2) is 23.1 Å². The molecule has 0 spiro atoms. The van der Waals surface area contributed by atoms with Gasteiger partial charge in [-0.2, -0.15) is 0 Å². The SMILES string of the molecule is COc1cccc(-c2ccc(O)c(F)c2)c1OC. The Kier molecular flexibility index (Phi) is 3.37. The monoisotopic (exact) mass is 248 g/mol. The number of halogens is 1. The number of para-hydroxylation sites is 1. The molecule has 0 aliphatic heterocycles. The molecule has 0 aromatic heterocycles. The molecule has 0 saturated carbocycles. The van der Waals surface area contributed by atoms with Crippen molar-refractivity contribution in [3.63, 3.8) is 0 Å². The number of aromatic hydroxyl groups is 1. The third kappa shape index (κ3) is 2.09. The molecule has 0 aliphatic carbocycles. The van der Waals surface area contributed by atoms with E-state index in [1.165, 1.54) is 19.2 Å². The molecule has 4 heteroatoms. The second-order valence-electron chi connectivity index (χ2n) is 3.71. The van der Waals surface area contributed by atoms with E-state index in [2.05, 4.69) is 0 Å². The molecular formula is C14H13FO3. The number of methoxy groups -OCH3 is 2. The maximum absolute atomic E-state index is 13.4. The smallest absolute Gasteiger partial charge is 0.168 e. The van der Waals surface area contributed by atoms with Crippen molar-refractivity contribution in [3.05, 3.63) is 42.2 Å². The van der Waals surface area contributed by atoms with E-state index in [1.54, 1.807) is 31.4 Å². The largest absolute Gasteiger partial charge is 0.505 e. The Morgan fingerprint density at radius 3 is 2.44 bits per heavy atom. The van der Waals surface area contributed by atoms with Crippen LogP contribution < -0.4 is 9.47 Å². The molecule has 0 heterocycles. The number of hydrogen-bond donors (Lipinski definition) is 1. The van der Waals surface area contributed by atoms with Crippen molar-refractivity contribution in [1.29, 1.82) is 0 Å². The number of hydrogen-bond acceptors (Lipinski definition) is 3. The van der Waals surface area contributed by atoms with Crippen molar-refractivity contribution in [1.82, 2.24) is 0 Å². The van der Waals surface area contributed by atoms with Crippen LogP contribution in [0.1, 0.15) is 0 Å². The second-order valence-corrected chi connectivity index (χ2v) is 3.71. The summed E-state index contributed by atoms with van der Waals surface area (Å²) < 4.78 is 23.8. The Balaban J connectivity index is 2.59. The van der Waals surface area contributed by atoms with E-state index in [1.807, 2.05) is 0 Å². The molecule has 1 N–H and O–H groups in total. The van der Waals surface area contributed by atoms with Gasteiger partial charge in [0.2, 0.25) is 0 Å². The predicted molar refractivity (Wildman–Crippen MR) is 66.6 cm³/mol. The summed E-state index contributed by atoms with van der Waals surface area (Å²) in [5, 5.41) is 9.19. The standard InChI is InChI=1S/C14H13FO3/c1-17-13-5-3-4-10(14(13)18-2)9-6-7-12(16)11(15)8-9/h3-8,16H,1-2H3. The summed E-state index contributed by atoms with van der Waals surface area (Å²) in [6.45, 7) is 0. The Morgan fingerprint density at radius 1 is 1.06 bits per heavy atom.